The third-order valence-corrected chi connectivity index (χ3v) is 3.91. The van der Waals surface area contributed by atoms with Gasteiger partial charge in [-0.05, 0) is 45.7 Å². The van der Waals surface area contributed by atoms with Crippen molar-refractivity contribution in [3.8, 4) is 11.5 Å². The Hall–Kier alpha value is -2.17. The second kappa shape index (κ2) is 7.16. The number of methoxy groups -OCH3 is 2. The van der Waals surface area contributed by atoms with Crippen molar-refractivity contribution in [3.05, 3.63) is 35.4 Å². The summed E-state index contributed by atoms with van der Waals surface area (Å²) in [6.07, 6.45) is 4.36. The lowest BCUT2D eigenvalue weighted by Gasteiger charge is -2.37. The van der Waals surface area contributed by atoms with Crippen molar-refractivity contribution in [2.45, 2.75) is 45.8 Å². The van der Waals surface area contributed by atoms with Crippen molar-refractivity contribution in [2.75, 3.05) is 20.8 Å². The Morgan fingerprint density at radius 2 is 1.96 bits per heavy atom. The topological polar surface area (TPSA) is 48.0 Å². The standard InChI is InChI=1S/C19H27NO4/c1-7-8-15-17-13(11-14(22-5)12-16(17)23-6)9-10-20(15)18(21)24-19(2,3)4/h7-8,11-12,15H,9-10H2,1-6H3/b8-7+/t15-/m0/s1. The zero-order valence-electron chi connectivity index (χ0n) is 15.4. The third kappa shape index (κ3) is 3.83. The van der Waals surface area contributed by atoms with Crippen molar-refractivity contribution < 1.29 is 19.0 Å². The van der Waals surface area contributed by atoms with Gasteiger partial charge in [0.05, 0.1) is 20.3 Å². The second-order valence-corrected chi connectivity index (χ2v) is 6.80. The van der Waals surface area contributed by atoms with E-state index in [2.05, 4.69) is 0 Å². The maximum Gasteiger partial charge on any atom is 0.411 e. The van der Waals surface area contributed by atoms with E-state index in [4.69, 9.17) is 14.2 Å². The molecular formula is C19H27NO4. The van der Waals surface area contributed by atoms with Crippen LogP contribution in [-0.4, -0.2) is 37.4 Å². The average molecular weight is 333 g/mol. The fraction of sp³-hybridized carbons (Fsp3) is 0.526. The predicted molar refractivity (Wildman–Crippen MR) is 93.7 cm³/mol. The molecule has 5 nitrogen and oxygen atoms in total. The number of rotatable bonds is 3. The van der Waals surface area contributed by atoms with Gasteiger partial charge >= 0.3 is 6.09 Å². The molecule has 1 aromatic carbocycles. The van der Waals surface area contributed by atoms with Gasteiger partial charge in [-0.3, -0.25) is 4.90 Å². The molecule has 5 heteroatoms. The molecule has 24 heavy (non-hydrogen) atoms. The number of fused-ring (bicyclic) bond motifs is 1. The zero-order chi connectivity index (χ0) is 17.9. The van der Waals surface area contributed by atoms with Gasteiger partial charge in [0.25, 0.3) is 0 Å². The molecule has 0 radical (unpaired) electrons. The molecule has 0 bridgehead atoms. The van der Waals surface area contributed by atoms with Crippen molar-refractivity contribution in [2.24, 2.45) is 0 Å². The van der Waals surface area contributed by atoms with Crippen molar-refractivity contribution >= 4 is 6.09 Å². The van der Waals surface area contributed by atoms with Gasteiger partial charge in [-0.1, -0.05) is 12.2 Å². The number of nitrogens with zero attached hydrogens (tertiary/aromatic N) is 1. The Morgan fingerprint density at radius 3 is 2.50 bits per heavy atom. The highest BCUT2D eigenvalue weighted by atomic mass is 16.6. The van der Waals surface area contributed by atoms with Crippen molar-refractivity contribution in [1.29, 1.82) is 0 Å². The van der Waals surface area contributed by atoms with Gasteiger partial charge in [-0.25, -0.2) is 4.79 Å². The van der Waals surface area contributed by atoms with E-state index in [-0.39, 0.29) is 12.1 Å². The van der Waals surface area contributed by atoms with Gasteiger partial charge in [0.1, 0.15) is 17.1 Å². The SMILES string of the molecule is C/C=C/[C@H]1c2c(cc(OC)cc2OC)CCN1C(=O)OC(C)(C)C. The first kappa shape index (κ1) is 18.2. The van der Waals surface area contributed by atoms with Gasteiger partial charge < -0.3 is 14.2 Å². The summed E-state index contributed by atoms with van der Waals surface area (Å²) in [4.78, 5) is 14.4. The highest BCUT2D eigenvalue weighted by molar-refractivity contribution is 5.71. The molecule has 0 N–H and O–H groups in total. The maximum atomic E-state index is 12.6. The van der Waals surface area contributed by atoms with Crippen LogP contribution in [0.5, 0.6) is 11.5 Å². The van der Waals surface area contributed by atoms with E-state index in [1.54, 1.807) is 19.1 Å². The molecule has 1 amide bonds. The van der Waals surface area contributed by atoms with Crippen LogP contribution in [0.1, 0.15) is 44.9 Å². The molecule has 0 spiro atoms. The quantitative estimate of drug-likeness (QED) is 0.781. The number of allylic oxidation sites excluding steroid dienone is 1. The Morgan fingerprint density at radius 1 is 1.25 bits per heavy atom. The lowest BCUT2D eigenvalue weighted by atomic mass is 9.91. The van der Waals surface area contributed by atoms with Crippen LogP contribution in [0.3, 0.4) is 0 Å². The molecule has 1 aliphatic rings. The number of amides is 1. The highest BCUT2D eigenvalue weighted by Crippen LogP contribution is 2.40. The molecule has 132 valence electrons. The summed E-state index contributed by atoms with van der Waals surface area (Å²) in [7, 11) is 3.27. The van der Waals surface area contributed by atoms with Crippen LogP contribution in [-0.2, 0) is 11.2 Å². The van der Waals surface area contributed by atoms with Gasteiger partial charge in [-0.15, -0.1) is 0 Å². The monoisotopic (exact) mass is 333 g/mol. The number of carbonyl (C=O) groups is 1. The zero-order valence-corrected chi connectivity index (χ0v) is 15.4. The molecule has 0 saturated carbocycles. The van der Waals surface area contributed by atoms with E-state index in [0.717, 1.165) is 29.0 Å². The van der Waals surface area contributed by atoms with Crippen LogP contribution in [0.25, 0.3) is 0 Å². The van der Waals surface area contributed by atoms with Crippen LogP contribution < -0.4 is 9.47 Å². The van der Waals surface area contributed by atoms with Crippen LogP contribution in [0, 0.1) is 0 Å². The fourth-order valence-corrected chi connectivity index (χ4v) is 2.93. The van der Waals surface area contributed by atoms with Crippen LogP contribution >= 0.6 is 0 Å². The summed E-state index contributed by atoms with van der Waals surface area (Å²) in [6.45, 7) is 8.15. The molecule has 1 heterocycles. The van der Waals surface area contributed by atoms with Gasteiger partial charge in [0.2, 0.25) is 0 Å². The molecule has 1 atom stereocenters. The first-order valence-electron chi connectivity index (χ1n) is 8.18. The summed E-state index contributed by atoms with van der Waals surface area (Å²) in [5, 5.41) is 0. The van der Waals surface area contributed by atoms with Gasteiger partial charge in [-0.2, -0.15) is 0 Å². The molecule has 0 aliphatic carbocycles. The lowest BCUT2D eigenvalue weighted by molar-refractivity contribution is 0.0182. The lowest BCUT2D eigenvalue weighted by Crippen LogP contribution is -2.42. The summed E-state index contributed by atoms with van der Waals surface area (Å²) in [5.41, 5.74) is 1.60. The molecule has 0 saturated heterocycles. The Labute approximate surface area is 144 Å². The fourth-order valence-electron chi connectivity index (χ4n) is 2.93. The van der Waals surface area contributed by atoms with Crippen molar-refractivity contribution in [1.82, 2.24) is 4.90 Å². The molecule has 2 rings (SSSR count). The molecule has 0 aromatic heterocycles. The number of benzene rings is 1. The summed E-state index contributed by atoms with van der Waals surface area (Å²) >= 11 is 0. The van der Waals surface area contributed by atoms with E-state index in [9.17, 15) is 4.79 Å². The van der Waals surface area contributed by atoms with E-state index in [1.165, 1.54) is 0 Å². The Balaban J connectivity index is 2.46. The third-order valence-electron chi connectivity index (χ3n) is 3.91. The average Bonchev–Trinajstić information content (AvgIpc) is 2.52. The first-order chi connectivity index (χ1) is 11.3. The number of ether oxygens (including phenoxy) is 3. The Bertz CT molecular complexity index is 614. The number of hydrogen-bond acceptors (Lipinski definition) is 4. The van der Waals surface area contributed by atoms with Crippen LogP contribution in [0.2, 0.25) is 0 Å². The Kier molecular flexibility index (Phi) is 5.42. The first-order valence-corrected chi connectivity index (χ1v) is 8.18. The van der Waals surface area contributed by atoms with E-state index < -0.39 is 5.60 Å². The molecule has 1 aromatic rings. The predicted octanol–water partition coefficient (Wildman–Crippen LogP) is 4.11. The minimum atomic E-state index is -0.526. The summed E-state index contributed by atoms with van der Waals surface area (Å²) < 4.78 is 16.5. The summed E-state index contributed by atoms with van der Waals surface area (Å²) in [6, 6.07) is 3.66. The normalized spacial score (nSPS) is 17.6. The highest BCUT2D eigenvalue weighted by Gasteiger charge is 2.34. The van der Waals surface area contributed by atoms with Gasteiger partial charge in [0.15, 0.2) is 0 Å². The maximum absolute atomic E-state index is 12.6. The molecule has 0 fully saturated rings. The summed E-state index contributed by atoms with van der Waals surface area (Å²) in [5.74, 6) is 1.48. The molecule has 1 aliphatic heterocycles. The molecule has 0 unspecified atom stereocenters. The minimum Gasteiger partial charge on any atom is -0.497 e. The van der Waals surface area contributed by atoms with E-state index >= 15 is 0 Å². The van der Waals surface area contributed by atoms with Crippen LogP contribution in [0.4, 0.5) is 4.79 Å². The smallest absolute Gasteiger partial charge is 0.411 e. The van der Waals surface area contributed by atoms with E-state index in [0.29, 0.717) is 6.54 Å². The number of carbonyl (C=O) groups excluding carboxylic acids is 1. The second-order valence-electron chi connectivity index (χ2n) is 6.80. The van der Waals surface area contributed by atoms with Gasteiger partial charge in [0, 0.05) is 18.2 Å². The minimum absolute atomic E-state index is 0.213. The van der Waals surface area contributed by atoms with Crippen molar-refractivity contribution in [3.63, 3.8) is 0 Å². The number of hydrogen-bond donors (Lipinski definition) is 0. The van der Waals surface area contributed by atoms with Crippen LogP contribution in [0.15, 0.2) is 24.3 Å². The molecular weight excluding hydrogens is 306 g/mol. The largest absolute Gasteiger partial charge is 0.497 e. The van der Waals surface area contributed by atoms with E-state index in [1.807, 2.05) is 52.0 Å².